The maximum atomic E-state index is 12.7. The maximum absolute atomic E-state index is 12.7. The van der Waals surface area contributed by atoms with Gasteiger partial charge >= 0.3 is 6.18 Å². The van der Waals surface area contributed by atoms with Crippen molar-refractivity contribution in [2.75, 3.05) is 0 Å². The smallest absolute Gasteiger partial charge is 0.419 e. The van der Waals surface area contributed by atoms with Crippen LogP contribution in [-0.4, -0.2) is 11.9 Å². The SMILES string of the molecule is CCC(CC(=N)N)Oc1ccccc1C(F)(F)F. The molecule has 0 saturated heterocycles. The van der Waals surface area contributed by atoms with Crippen LogP contribution in [0.3, 0.4) is 0 Å². The van der Waals surface area contributed by atoms with Crippen LogP contribution in [0.4, 0.5) is 13.2 Å². The van der Waals surface area contributed by atoms with Crippen molar-refractivity contribution in [2.24, 2.45) is 5.73 Å². The molecule has 1 aromatic rings. The van der Waals surface area contributed by atoms with Gasteiger partial charge in [0.2, 0.25) is 0 Å². The number of nitrogens with one attached hydrogen (secondary N) is 1. The molecule has 0 saturated carbocycles. The van der Waals surface area contributed by atoms with E-state index in [2.05, 4.69) is 0 Å². The van der Waals surface area contributed by atoms with Gasteiger partial charge in [-0.05, 0) is 18.6 Å². The minimum absolute atomic E-state index is 0.105. The van der Waals surface area contributed by atoms with E-state index in [1.807, 2.05) is 0 Å². The van der Waals surface area contributed by atoms with Gasteiger partial charge in [-0.3, -0.25) is 5.41 Å². The molecule has 0 aliphatic rings. The molecule has 0 bridgehead atoms. The van der Waals surface area contributed by atoms with Gasteiger partial charge in [-0.25, -0.2) is 0 Å². The summed E-state index contributed by atoms with van der Waals surface area (Å²) in [5.74, 6) is -0.329. The molecule has 0 amide bonds. The zero-order valence-electron chi connectivity index (χ0n) is 9.92. The molecule has 1 unspecified atom stereocenters. The number of alkyl halides is 3. The number of para-hydroxylation sites is 1. The molecule has 100 valence electrons. The third kappa shape index (κ3) is 3.94. The summed E-state index contributed by atoms with van der Waals surface area (Å²) in [4.78, 5) is 0. The molecule has 6 heteroatoms. The molecule has 0 fully saturated rings. The van der Waals surface area contributed by atoms with Crippen molar-refractivity contribution in [3.63, 3.8) is 0 Å². The van der Waals surface area contributed by atoms with Crippen molar-refractivity contribution in [3.8, 4) is 5.75 Å². The standard InChI is InChI=1S/C12H15F3N2O/c1-2-8(7-11(16)17)18-10-6-4-3-5-9(10)12(13,14)15/h3-6,8H,2,7H2,1H3,(H3,16,17). The zero-order valence-corrected chi connectivity index (χ0v) is 9.92. The second-order valence-corrected chi connectivity index (χ2v) is 3.87. The highest BCUT2D eigenvalue weighted by Gasteiger charge is 2.34. The fraction of sp³-hybridized carbons (Fsp3) is 0.417. The van der Waals surface area contributed by atoms with Gasteiger partial charge in [0.05, 0.1) is 11.4 Å². The van der Waals surface area contributed by atoms with Crippen LogP contribution in [0.2, 0.25) is 0 Å². The normalized spacial score (nSPS) is 13.1. The molecular formula is C12H15F3N2O. The van der Waals surface area contributed by atoms with Gasteiger partial charge in [0.25, 0.3) is 0 Å². The van der Waals surface area contributed by atoms with Crippen LogP contribution in [0.15, 0.2) is 24.3 Å². The fourth-order valence-electron chi connectivity index (χ4n) is 1.50. The van der Waals surface area contributed by atoms with Crippen molar-refractivity contribution >= 4 is 5.84 Å². The summed E-state index contributed by atoms with van der Waals surface area (Å²) >= 11 is 0. The Balaban J connectivity index is 2.92. The first-order valence-corrected chi connectivity index (χ1v) is 5.50. The lowest BCUT2D eigenvalue weighted by molar-refractivity contribution is -0.139. The lowest BCUT2D eigenvalue weighted by atomic mass is 10.1. The van der Waals surface area contributed by atoms with Crippen LogP contribution in [0.5, 0.6) is 5.75 Å². The van der Waals surface area contributed by atoms with Gasteiger partial charge in [0, 0.05) is 6.42 Å². The number of benzene rings is 1. The van der Waals surface area contributed by atoms with Gasteiger partial charge in [0.15, 0.2) is 0 Å². The highest BCUT2D eigenvalue weighted by molar-refractivity contribution is 5.77. The monoisotopic (exact) mass is 260 g/mol. The van der Waals surface area contributed by atoms with E-state index < -0.39 is 17.8 Å². The molecule has 0 aromatic heterocycles. The molecule has 3 N–H and O–H groups in total. The Hall–Kier alpha value is -1.72. The third-order valence-corrected chi connectivity index (χ3v) is 2.39. The van der Waals surface area contributed by atoms with Crippen molar-refractivity contribution in [3.05, 3.63) is 29.8 Å². The maximum Gasteiger partial charge on any atom is 0.419 e. The molecule has 18 heavy (non-hydrogen) atoms. The van der Waals surface area contributed by atoms with Crippen molar-refractivity contribution in [1.82, 2.24) is 0 Å². The number of halogens is 3. The van der Waals surface area contributed by atoms with Gasteiger partial charge in [-0.2, -0.15) is 13.2 Å². The molecule has 3 nitrogen and oxygen atoms in total. The molecule has 1 aromatic carbocycles. The average molecular weight is 260 g/mol. The van der Waals surface area contributed by atoms with Crippen molar-refractivity contribution < 1.29 is 17.9 Å². The summed E-state index contributed by atoms with van der Waals surface area (Å²) < 4.78 is 43.4. The van der Waals surface area contributed by atoms with Gasteiger partial charge < -0.3 is 10.5 Å². The second kappa shape index (κ2) is 5.75. The number of ether oxygens (including phenoxy) is 1. The minimum Gasteiger partial charge on any atom is -0.489 e. The highest BCUT2D eigenvalue weighted by atomic mass is 19.4. The van der Waals surface area contributed by atoms with Crippen LogP contribution in [-0.2, 0) is 6.18 Å². The first kappa shape index (κ1) is 14.3. The summed E-state index contributed by atoms with van der Waals surface area (Å²) in [6.45, 7) is 1.77. The Morgan fingerprint density at radius 2 is 2.00 bits per heavy atom. The highest BCUT2D eigenvalue weighted by Crippen LogP contribution is 2.36. The summed E-state index contributed by atoms with van der Waals surface area (Å²) in [7, 11) is 0. The summed E-state index contributed by atoms with van der Waals surface area (Å²) in [5.41, 5.74) is 4.41. The third-order valence-electron chi connectivity index (χ3n) is 2.39. The van der Waals surface area contributed by atoms with E-state index in [0.717, 1.165) is 6.07 Å². The van der Waals surface area contributed by atoms with E-state index in [9.17, 15) is 13.2 Å². The van der Waals surface area contributed by atoms with E-state index in [1.165, 1.54) is 18.2 Å². The minimum atomic E-state index is -4.45. The van der Waals surface area contributed by atoms with E-state index >= 15 is 0 Å². The molecule has 0 radical (unpaired) electrons. The van der Waals surface area contributed by atoms with Crippen molar-refractivity contribution in [2.45, 2.75) is 32.0 Å². The second-order valence-electron chi connectivity index (χ2n) is 3.87. The summed E-state index contributed by atoms with van der Waals surface area (Å²) in [5, 5.41) is 7.15. The Bertz CT molecular complexity index is 418. The average Bonchev–Trinajstić information content (AvgIpc) is 2.26. The van der Waals surface area contributed by atoms with Gasteiger partial charge in [-0.15, -0.1) is 0 Å². The number of hydrogen-bond acceptors (Lipinski definition) is 2. The number of nitrogens with two attached hydrogens (primary N) is 1. The number of rotatable bonds is 5. The number of hydrogen-bond donors (Lipinski definition) is 2. The Kier molecular flexibility index (Phi) is 4.58. The van der Waals surface area contributed by atoms with E-state index in [-0.39, 0.29) is 18.0 Å². The van der Waals surface area contributed by atoms with Crippen LogP contribution in [0, 0.1) is 5.41 Å². The molecule has 0 aliphatic heterocycles. The Labute approximate surface area is 103 Å². The van der Waals surface area contributed by atoms with Gasteiger partial charge in [-0.1, -0.05) is 19.1 Å². The fourth-order valence-corrected chi connectivity index (χ4v) is 1.50. The molecule has 0 aliphatic carbocycles. The predicted octanol–water partition coefficient (Wildman–Crippen LogP) is 3.19. The van der Waals surface area contributed by atoms with Crippen LogP contribution in [0.1, 0.15) is 25.3 Å². The van der Waals surface area contributed by atoms with E-state index in [1.54, 1.807) is 6.92 Å². The topological polar surface area (TPSA) is 59.1 Å². The first-order valence-electron chi connectivity index (χ1n) is 5.50. The van der Waals surface area contributed by atoms with Crippen LogP contribution in [0.25, 0.3) is 0 Å². The summed E-state index contributed by atoms with van der Waals surface area (Å²) in [6.07, 6.45) is -4.38. The van der Waals surface area contributed by atoms with E-state index in [4.69, 9.17) is 15.9 Å². The Morgan fingerprint density at radius 1 is 1.39 bits per heavy atom. The van der Waals surface area contributed by atoms with E-state index in [0.29, 0.717) is 6.42 Å². The molecular weight excluding hydrogens is 245 g/mol. The van der Waals surface area contributed by atoms with Gasteiger partial charge in [0.1, 0.15) is 11.9 Å². The summed E-state index contributed by atoms with van der Waals surface area (Å²) in [6, 6.07) is 5.02. The lowest BCUT2D eigenvalue weighted by Gasteiger charge is -2.20. The molecule has 0 heterocycles. The number of amidine groups is 1. The predicted molar refractivity (Wildman–Crippen MR) is 62.7 cm³/mol. The van der Waals surface area contributed by atoms with Crippen molar-refractivity contribution in [1.29, 1.82) is 5.41 Å². The first-order chi connectivity index (χ1) is 8.34. The molecule has 1 rings (SSSR count). The lowest BCUT2D eigenvalue weighted by Crippen LogP contribution is -2.25. The molecule has 0 spiro atoms. The van der Waals surface area contributed by atoms with Crippen LogP contribution >= 0.6 is 0 Å². The van der Waals surface area contributed by atoms with Crippen LogP contribution < -0.4 is 10.5 Å². The quantitative estimate of drug-likeness (QED) is 0.631. The molecule has 1 atom stereocenters. The zero-order chi connectivity index (χ0) is 13.8. The largest absolute Gasteiger partial charge is 0.489 e. The Morgan fingerprint density at radius 3 is 2.50 bits per heavy atom.